The Bertz CT molecular complexity index is 408. The van der Waals surface area contributed by atoms with Crippen LogP contribution in [0.2, 0.25) is 0 Å². The molecule has 0 aromatic carbocycles. The van der Waals surface area contributed by atoms with E-state index >= 15 is 0 Å². The van der Waals surface area contributed by atoms with Gasteiger partial charge in [0, 0.05) is 6.20 Å². The molecule has 0 aliphatic rings. The molecule has 4 nitrogen and oxygen atoms in total. The molecular weight excluding hydrogens is 154 g/mol. The molecule has 0 fully saturated rings. The predicted octanol–water partition coefficient (Wildman–Crippen LogP) is 1.27. The second-order valence-corrected chi connectivity index (χ2v) is 2.58. The zero-order valence-electron chi connectivity index (χ0n) is 6.96. The molecule has 0 bridgehead atoms. The van der Waals surface area contributed by atoms with Crippen LogP contribution in [0, 0.1) is 6.92 Å². The van der Waals surface area contributed by atoms with Crippen molar-refractivity contribution in [1.82, 2.24) is 15.0 Å². The van der Waals surface area contributed by atoms with Crippen LogP contribution in [0.1, 0.15) is 5.56 Å². The number of rotatable bonds is 1. The molecule has 4 heteroatoms. The standard InChI is InChI=1S/C8H9N3O/c1-5-3-9-7-6(5)8(12-2)11-4-10-7/h3-4H,1-2H3,(H,9,10,11). The van der Waals surface area contributed by atoms with Crippen LogP contribution in [-0.4, -0.2) is 22.1 Å². The van der Waals surface area contributed by atoms with Crippen molar-refractivity contribution in [3.05, 3.63) is 18.1 Å². The third-order valence-corrected chi connectivity index (χ3v) is 1.83. The van der Waals surface area contributed by atoms with Gasteiger partial charge in [-0.15, -0.1) is 0 Å². The quantitative estimate of drug-likeness (QED) is 0.688. The maximum absolute atomic E-state index is 5.10. The van der Waals surface area contributed by atoms with Crippen molar-refractivity contribution in [2.45, 2.75) is 6.92 Å². The Labute approximate surface area is 69.6 Å². The third-order valence-electron chi connectivity index (χ3n) is 1.83. The lowest BCUT2D eigenvalue weighted by molar-refractivity contribution is 0.402. The first-order valence-electron chi connectivity index (χ1n) is 3.65. The predicted molar refractivity (Wildman–Crippen MR) is 45.2 cm³/mol. The average molecular weight is 163 g/mol. The molecule has 0 amide bonds. The van der Waals surface area contributed by atoms with Crippen LogP contribution in [0.5, 0.6) is 5.88 Å². The SMILES string of the molecule is COc1ncnc2[nH]cc(C)c12. The minimum Gasteiger partial charge on any atom is -0.480 e. The van der Waals surface area contributed by atoms with Crippen molar-refractivity contribution in [2.24, 2.45) is 0 Å². The lowest BCUT2D eigenvalue weighted by Crippen LogP contribution is -1.89. The van der Waals surface area contributed by atoms with Gasteiger partial charge in [0.05, 0.1) is 12.5 Å². The van der Waals surface area contributed by atoms with Crippen LogP contribution in [0.25, 0.3) is 11.0 Å². The molecule has 0 aliphatic carbocycles. The topological polar surface area (TPSA) is 50.8 Å². The Morgan fingerprint density at radius 1 is 1.42 bits per heavy atom. The summed E-state index contributed by atoms with van der Waals surface area (Å²) in [5.41, 5.74) is 1.92. The van der Waals surface area contributed by atoms with Crippen LogP contribution in [-0.2, 0) is 0 Å². The molecule has 12 heavy (non-hydrogen) atoms. The van der Waals surface area contributed by atoms with Gasteiger partial charge in [0.25, 0.3) is 0 Å². The molecular formula is C8H9N3O. The largest absolute Gasteiger partial charge is 0.480 e. The maximum Gasteiger partial charge on any atom is 0.226 e. The van der Waals surface area contributed by atoms with E-state index in [0.717, 1.165) is 16.6 Å². The summed E-state index contributed by atoms with van der Waals surface area (Å²) < 4.78 is 5.10. The molecule has 0 radical (unpaired) electrons. The Hall–Kier alpha value is -1.58. The van der Waals surface area contributed by atoms with Gasteiger partial charge in [0.1, 0.15) is 12.0 Å². The summed E-state index contributed by atoms with van der Waals surface area (Å²) in [7, 11) is 1.61. The molecule has 0 atom stereocenters. The molecule has 1 N–H and O–H groups in total. The number of hydrogen-bond acceptors (Lipinski definition) is 3. The fourth-order valence-corrected chi connectivity index (χ4v) is 1.24. The van der Waals surface area contributed by atoms with Crippen LogP contribution >= 0.6 is 0 Å². The second-order valence-electron chi connectivity index (χ2n) is 2.58. The Morgan fingerprint density at radius 2 is 2.25 bits per heavy atom. The molecule has 0 saturated carbocycles. The van der Waals surface area contributed by atoms with Crippen LogP contribution < -0.4 is 4.74 Å². The Kier molecular flexibility index (Phi) is 1.46. The molecule has 0 saturated heterocycles. The number of aryl methyl sites for hydroxylation is 1. The summed E-state index contributed by atoms with van der Waals surface area (Å²) in [4.78, 5) is 11.1. The van der Waals surface area contributed by atoms with Gasteiger partial charge in [-0.2, -0.15) is 0 Å². The molecule has 0 unspecified atom stereocenters. The molecule has 62 valence electrons. The van der Waals surface area contributed by atoms with Crippen molar-refractivity contribution < 1.29 is 4.74 Å². The fraction of sp³-hybridized carbons (Fsp3) is 0.250. The van der Waals surface area contributed by atoms with E-state index in [9.17, 15) is 0 Å². The molecule has 2 aromatic rings. The van der Waals surface area contributed by atoms with Gasteiger partial charge < -0.3 is 9.72 Å². The molecule has 2 aromatic heterocycles. The van der Waals surface area contributed by atoms with E-state index < -0.39 is 0 Å². The number of H-pyrrole nitrogens is 1. The third kappa shape index (κ3) is 0.845. The van der Waals surface area contributed by atoms with Crippen molar-refractivity contribution in [1.29, 1.82) is 0 Å². The van der Waals surface area contributed by atoms with Crippen molar-refractivity contribution in [3.63, 3.8) is 0 Å². The van der Waals surface area contributed by atoms with E-state index in [1.54, 1.807) is 7.11 Å². The fourth-order valence-electron chi connectivity index (χ4n) is 1.24. The van der Waals surface area contributed by atoms with Gasteiger partial charge >= 0.3 is 0 Å². The highest BCUT2D eigenvalue weighted by Crippen LogP contribution is 2.23. The zero-order chi connectivity index (χ0) is 8.55. The number of nitrogens with one attached hydrogen (secondary N) is 1. The molecule has 2 rings (SSSR count). The number of fused-ring (bicyclic) bond motifs is 1. The number of nitrogens with zero attached hydrogens (tertiary/aromatic N) is 2. The average Bonchev–Trinajstić information content (AvgIpc) is 2.48. The lowest BCUT2D eigenvalue weighted by Gasteiger charge is -1.98. The minimum atomic E-state index is 0.624. The van der Waals surface area contributed by atoms with E-state index in [2.05, 4.69) is 15.0 Å². The number of aromatic amines is 1. The van der Waals surface area contributed by atoms with E-state index in [4.69, 9.17) is 4.74 Å². The highest BCUT2D eigenvalue weighted by molar-refractivity contribution is 5.84. The highest BCUT2D eigenvalue weighted by atomic mass is 16.5. The van der Waals surface area contributed by atoms with E-state index in [-0.39, 0.29) is 0 Å². The van der Waals surface area contributed by atoms with Crippen LogP contribution in [0.15, 0.2) is 12.5 Å². The van der Waals surface area contributed by atoms with E-state index in [0.29, 0.717) is 5.88 Å². The van der Waals surface area contributed by atoms with Crippen molar-refractivity contribution >= 4 is 11.0 Å². The first kappa shape index (κ1) is 7.09. The maximum atomic E-state index is 5.10. The van der Waals surface area contributed by atoms with Gasteiger partial charge in [-0.25, -0.2) is 9.97 Å². The highest BCUT2D eigenvalue weighted by Gasteiger charge is 2.06. The summed E-state index contributed by atoms with van der Waals surface area (Å²) in [6.45, 7) is 1.99. The van der Waals surface area contributed by atoms with Crippen molar-refractivity contribution in [3.8, 4) is 5.88 Å². The van der Waals surface area contributed by atoms with Gasteiger partial charge in [-0.05, 0) is 12.5 Å². The van der Waals surface area contributed by atoms with Crippen LogP contribution in [0.3, 0.4) is 0 Å². The summed E-state index contributed by atoms with van der Waals surface area (Å²) in [6, 6.07) is 0. The van der Waals surface area contributed by atoms with Crippen molar-refractivity contribution in [2.75, 3.05) is 7.11 Å². The first-order valence-corrected chi connectivity index (χ1v) is 3.65. The number of ether oxygens (including phenoxy) is 1. The second kappa shape index (κ2) is 2.48. The van der Waals surface area contributed by atoms with Gasteiger partial charge in [-0.3, -0.25) is 0 Å². The smallest absolute Gasteiger partial charge is 0.226 e. The van der Waals surface area contributed by atoms with Gasteiger partial charge in [0.15, 0.2) is 0 Å². The monoisotopic (exact) mass is 163 g/mol. The van der Waals surface area contributed by atoms with Gasteiger partial charge in [-0.1, -0.05) is 0 Å². The molecule has 0 aliphatic heterocycles. The minimum absolute atomic E-state index is 0.624. The van der Waals surface area contributed by atoms with E-state index in [1.807, 2.05) is 13.1 Å². The summed E-state index contributed by atoms with van der Waals surface area (Å²) >= 11 is 0. The summed E-state index contributed by atoms with van der Waals surface area (Å²) in [6.07, 6.45) is 3.37. The Morgan fingerprint density at radius 3 is 3.00 bits per heavy atom. The number of aromatic nitrogens is 3. The summed E-state index contributed by atoms with van der Waals surface area (Å²) in [5.74, 6) is 0.624. The molecule has 2 heterocycles. The van der Waals surface area contributed by atoms with E-state index in [1.165, 1.54) is 6.33 Å². The zero-order valence-corrected chi connectivity index (χ0v) is 6.96. The lowest BCUT2D eigenvalue weighted by atomic mass is 10.3. The number of hydrogen-bond donors (Lipinski definition) is 1. The Balaban J connectivity index is 2.84. The number of methoxy groups -OCH3 is 1. The normalized spacial score (nSPS) is 10.5. The van der Waals surface area contributed by atoms with Gasteiger partial charge in [0.2, 0.25) is 5.88 Å². The molecule has 0 spiro atoms. The summed E-state index contributed by atoms with van der Waals surface area (Å²) in [5, 5.41) is 0.958. The van der Waals surface area contributed by atoms with Crippen LogP contribution in [0.4, 0.5) is 0 Å². The first-order chi connectivity index (χ1) is 5.83.